The van der Waals surface area contributed by atoms with Crippen molar-refractivity contribution in [2.75, 3.05) is 20.2 Å². The molecular formula is C22H27N3O3S. The average Bonchev–Trinajstić information content (AvgIpc) is 3.02. The summed E-state index contributed by atoms with van der Waals surface area (Å²) in [5, 5.41) is 0.710. The molecule has 154 valence electrons. The third-order valence-electron chi connectivity index (χ3n) is 5.34. The minimum atomic E-state index is -0.372. The monoisotopic (exact) mass is 413 g/mol. The van der Waals surface area contributed by atoms with E-state index < -0.39 is 0 Å². The smallest absolute Gasteiger partial charge is 0.337 e. The Labute approximate surface area is 174 Å². The largest absolute Gasteiger partial charge is 0.465 e. The van der Waals surface area contributed by atoms with Gasteiger partial charge in [0.25, 0.3) is 5.56 Å². The highest BCUT2D eigenvalue weighted by Crippen LogP contribution is 2.26. The maximum atomic E-state index is 13.4. The predicted molar refractivity (Wildman–Crippen MR) is 117 cm³/mol. The number of carbonyl (C=O) groups excluding carboxylic acids is 1. The Morgan fingerprint density at radius 2 is 1.83 bits per heavy atom. The third kappa shape index (κ3) is 4.26. The highest BCUT2D eigenvalue weighted by molar-refractivity contribution is 7.18. The van der Waals surface area contributed by atoms with Gasteiger partial charge in [-0.2, -0.15) is 0 Å². The summed E-state index contributed by atoms with van der Waals surface area (Å²) in [5.41, 5.74) is 2.43. The second-order valence-corrected chi connectivity index (χ2v) is 8.24. The number of benzene rings is 1. The van der Waals surface area contributed by atoms with E-state index in [1.54, 1.807) is 28.0 Å². The first-order valence-electron chi connectivity index (χ1n) is 9.78. The number of fused-ring (bicyclic) bond motifs is 1. The van der Waals surface area contributed by atoms with Crippen LogP contribution < -0.4 is 5.56 Å². The second kappa shape index (κ2) is 8.88. The predicted octanol–water partition coefficient (Wildman–Crippen LogP) is 3.75. The number of thiophene rings is 1. The molecular weight excluding hydrogens is 386 g/mol. The molecule has 3 rings (SSSR count). The van der Waals surface area contributed by atoms with Gasteiger partial charge < -0.3 is 4.74 Å². The summed E-state index contributed by atoms with van der Waals surface area (Å²) < 4.78 is 6.53. The molecule has 0 amide bonds. The van der Waals surface area contributed by atoms with Crippen molar-refractivity contribution in [3.63, 3.8) is 0 Å². The van der Waals surface area contributed by atoms with Crippen molar-refractivity contribution in [1.82, 2.24) is 14.5 Å². The molecule has 0 aliphatic carbocycles. The van der Waals surface area contributed by atoms with Gasteiger partial charge in [-0.15, -0.1) is 11.3 Å². The first-order valence-corrected chi connectivity index (χ1v) is 10.6. The molecule has 0 fully saturated rings. The zero-order valence-corrected chi connectivity index (χ0v) is 18.4. The molecule has 0 radical (unpaired) electrons. The number of hydrogen-bond donors (Lipinski definition) is 0. The number of aromatic nitrogens is 2. The van der Waals surface area contributed by atoms with Gasteiger partial charge in [-0.25, -0.2) is 9.78 Å². The third-order valence-corrected chi connectivity index (χ3v) is 6.44. The fourth-order valence-electron chi connectivity index (χ4n) is 3.35. The number of nitrogens with zero attached hydrogens (tertiary/aromatic N) is 3. The van der Waals surface area contributed by atoms with Crippen LogP contribution in [0.3, 0.4) is 0 Å². The number of aryl methyl sites for hydroxylation is 2. The topological polar surface area (TPSA) is 64.4 Å². The van der Waals surface area contributed by atoms with Crippen molar-refractivity contribution < 1.29 is 9.53 Å². The van der Waals surface area contributed by atoms with E-state index in [-0.39, 0.29) is 11.5 Å². The van der Waals surface area contributed by atoms with E-state index in [9.17, 15) is 9.59 Å². The van der Waals surface area contributed by atoms with Gasteiger partial charge in [-0.1, -0.05) is 26.0 Å². The first-order chi connectivity index (χ1) is 13.9. The number of rotatable bonds is 7. The van der Waals surface area contributed by atoms with Crippen LogP contribution in [-0.2, 0) is 17.8 Å². The maximum Gasteiger partial charge on any atom is 0.337 e. The average molecular weight is 414 g/mol. The fraction of sp³-hybridized carbons (Fsp3) is 0.409. The lowest BCUT2D eigenvalue weighted by molar-refractivity contribution is 0.0600. The lowest BCUT2D eigenvalue weighted by Gasteiger charge is -2.20. The van der Waals surface area contributed by atoms with E-state index >= 15 is 0 Å². The molecule has 0 spiro atoms. The molecule has 0 aliphatic rings. The van der Waals surface area contributed by atoms with Crippen molar-refractivity contribution >= 4 is 27.5 Å². The van der Waals surface area contributed by atoms with Crippen LogP contribution in [-0.4, -0.2) is 40.6 Å². The van der Waals surface area contributed by atoms with E-state index in [2.05, 4.69) is 18.7 Å². The quantitative estimate of drug-likeness (QED) is 0.552. The lowest BCUT2D eigenvalue weighted by Crippen LogP contribution is -2.31. The number of methoxy groups -OCH3 is 1. The first kappa shape index (κ1) is 21.2. The van der Waals surface area contributed by atoms with Gasteiger partial charge in [-0.05, 0) is 50.2 Å². The SMILES string of the molecule is CCN(CC)Cc1nc2sc(C)c(C)c2c(=O)n1Cc1ccc(C(=O)OC)cc1. The molecule has 2 heterocycles. The summed E-state index contributed by atoms with van der Waals surface area (Å²) in [7, 11) is 1.36. The van der Waals surface area contributed by atoms with Gasteiger partial charge in [0.1, 0.15) is 10.7 Å². The molecule has 0 saturated carbocycles. The van der Waals surface area contributed by atoms with E-state index in [1.807, 2.05) is 26.0 Å². The van der Waals surface area contributed by atoms with Gasteiger partial charge in [-0.3, -0.25) is 14.3 Å². The van der Waals surface area contributed by atoms with Crippen molar-refractivity contribution in [1.29, 1.82) is 0 Å². The highest BCUT2D eigenvalue weighted by atomic mass is 32.1. The molecule has 0 unspecified atom stereocenters. The Morgan fingerprint density at radius 1 is 1.17 bits per heavy atom. The molecule has 7 heteroatoms. The lowest BCUT2D eigenvalue weighted by atomic mass is 10.1. The second-order valence-electron chi connectivity index (χ2n) is 7.03. The summed E-state index contributed by atoms with van der Waals surface area (Å²) in [6.45, 7) is 11.0. The number of ether oxygens (including phenoxy) is 1. The molecule has 0 atom stereocenters. The van der Waals surface area contributed by atoms with Crippen molar-refractivity contribution in [3.05, 3.63) is 62.0 Å². The van der Waals surface area contributed by atoms with E-state index in [0.717, 1.165) is 39.7 Å². The fourth-order valence-corrected chi connectivity index (χ4v) is 4.39. The molecule has 29 heavy (non-hydrogen) atoms. The van der Waals surface area contributed by atoms with Gasteiger partial charge >= 0.3 is 5.97 Å². The molecule has 3 aromatic rings. The zero-order valence-electron chi connectivity index (χ0n) is 17.6. The van der Waals surface area contributed by atoms with Crippen LogP contribution in [0.1, 0.15) is 46.0 Å². The Bertz CT molecular complexity index is 1080. The van der Waals surface area contributed by atoms with Crippen LogP contribution in [0.15, 0.2) is 29.1 Å². The Balaban J connectivity index is 2.08. The Morgan fingerprint density at radius 3 is 2.41 bits per heavy atom. The minimum Gasteiger partial charge on any atom is -0.465 e. The molecule has 0 N–H and O–H groups in total. The highest BCUT2D eigenvalue weighted by Gasteiger charge is 2.18. The number of hydrogen-bond acceptors (Lipinski definition) is 6. The van der Waals surface area contributed by atoms with Crippen LogP contribution in [0, 0.1) is 13.8 Å². The van der Waals surface area contributed by atoms with Crippen LogP contribution in [0.4, 0.5) is 0 Å². The van der Waals surface area contributed by atoms with E-state index in [4.69, 9.17) is 9.72 Å². The normalized spacial score (nSPS) is 11.4. The maximum absolute atomic E-state index is 13.4. The van der Waals surface area contributed by atoms with Crippen LogP contribution >= 0.6 is 11.3 Å². The van der Waals surface area contributed by atoms with Gasteiger partial charge in [0.05, 0.1) is 31.1 Å². The van der Waals surface area contributed by atoms with Gasteiger partial charge in [0, 0.05) is 4.88 Å². The van der Waals surface area contributed by atoms with Gasteiger partial charge in [0.2, 0.25) is 0 Å². The number of carbonyl (C=O) groups is 1. The molecule has 0 aliphatic heterocycles. The Kier molecular flexibility index (Phi) is 6.49. The zero-order chi connectivity index (χ0) is 21.1. The molecule has 6 nitrogen and oxygen atoms in total. The van der Waals surface area contributed by atoms with Crippen molar-refractivity contribution in [2.45, 2.75) is 40.8 Å². The summed E-state index contributed by atoms with van der Waals surface area (Å²) in [6, 6.07) is 7.16. The van der Waals surface area contributed by atoms with Crippen LogP contribution in [0.25, 0.3) is 10.2 Å². The molecule has 0 bridgehead atoms. The van der Waals surface area contributed by atoms with Crippen molar-refractivity contribution in [2.24, 2.45) is 0 Å². The standard InChI is InChI=1S/C22H27N3O3S/c1-6-24(7-2)13-18-23-20-19(14(3)15(4)29-20)21(26)25(18)12-16-8-10-17(11-9-16)22(27)28-5/h8-11H,6-7,12-13H2,1-5H3. The van der Waals surface area contributed by atoms with Crippen LogP contribution in [0.2, 0.25) is 0 Å². The molecule has 0 saturated heterocycles. The number of esters is 1. The van der Waals surface area contributed by atoms with Crippen LogP contribution in [0.5, 0.6) is 0 Å². The summed E-state index contributed by atoms with van der Waals surface area (Å²) in [5.74, 6) is 0.396. The van der Waals surface area contributed by atoms with E-state index in [1.165, 1.54) is 7.11 Å². The summed E-state index contributed by atoms with van der Waals surface area (Å²) in [4.78, 5) is 34.1. The van der Waals surface area contributed by atoms with Gasteiger partial charge in [0.15, 0.2) is 0 Å². The summed E-state index contributed by atoms with van der Waals surface area (Å²) in [6.07, 6.45) is 0. The van der Waals surface area contributed by atoms with E-state index in [0.29, 0.717) is 24.0 Å². The summed E-state index contributed by atoms with van der Waals surface area (Å²) >= 11 is 1.58. The van der Waals surface area contributed by atoms with Crippen molar-refractivity contribution in [3.8, 4) is 0 Å². The minimum absolute atomic E-state index is 0.00366. The molecule has 2 aromatic heterocycles. The Hall–Kier alpha value is -2.51. The molecule has 1 aromatic carbocycles.